The van der Waals surface area contributed by atoms with Crippen molar-refractivity contribution in [3.63, 3.8) is 0 Å². The zero-order valence-electron chi connectivity index (χ0n) is 8.43. The molecule has 0 saturated heterocycles. The van der Waals surface area contributed by atoms with Gasteiger partial charge in [-0.15, -0.1) is 3.89 Å². The lowest BCUT2D eigenvalue weighted by molar-refractivity contribution is 0.529. The minimum Gasteiger partial charge on any atom is -0.326 e. The summed E-state index contributed by atoms with van der Waals surface area (Å²) in [6, 6.07) is 8.49. The van der Waals surface area contributed by atoms with E-state index in [0.29, 0.717) is 0 Å². The Morgan fingerprint density at radius 1 is 1.33 bits per heavy atom. The average molecular weight is 231 g/mol. The normalized spacial score (nSPS) is 15.9. The van der Waals surface area contributed by atoms with Crippen LogP contribution in [0.15, 0.2) is 30.3 Å². The fourth-order valence-electron chi connectivity index (χ4n) is 1.38. The molecule has 84 valence electrons. The van der Waals surface area contributed by atoms with E-state index in [2.05, 4.69) is 0 Å². The highest BCUT2D eigenvalue weighted by Crippen LogP contribution is 2.18. The molecule has 2 N–H and O–H groups in total. The largest absolute Gasteiger partial charge is 0.326 e. The lowest BCUT2D eigenvalue weighted by Crippen LogP contribution is -2.33. The monoisotopic (exact) mass is 231 g/mol. The summed E-state index contributed by atoms with van der Waals surface area (Å²) >= 11 is 0. The molecule has 2 atom stereocenters. The highest BCUT2D eigenvalue weighted by atomic mass is 32.3. The minimum absolute atomic E-state index is 0.184. The van der Waals surface area contributed by atoms with Gasteiger partial charge in [0.05, 0.1) is 5.75 Å². The summed E-state index contributed by atoms with van der Waals surface area (Å²) in [4.78, 5) is 0. The van der Waals surface area contributed by atoms with Gasteiger partial charge in [-0.2, -0.15) is 8.42 Å². The number of hydrogen-bond acceptors (Lipinski definition) is 3. The highest BCUT2D eigenvalue weighted by molar-refractivity contribution is 7.86. The van der Waals surface area contributed by atoms with Gasteiger partial charge in [0.15, 0.2) is 0 Å². The predicted molar refractivity (Wildman–Crippen MR) is 57.7 cm³/mol. The Kier molecular flexibility index (Phi) is 3.82. The van der Waals surface area contributed by atoms with Crippen molar-refractivity contribution >= 4 is 10.2 Å². The molecule has 0 bridgehead atoms. The average Bonchev–Trinajstić information content (AvgIpc) is 2.15. The predicted octanol–water partition coefficient (Wildman–Crippen LogP) is 1.42. The molecule has 1 aromatic rings. The number of benzene rings is 1. The Morgan fingerprint density at radius 3 is 2.33 bits per heavy atom. The van der Waals surface area contributed by atoms with Crippen molar-refractivity contribution < 1.29 is 12.3 Å². The van der Waals surface area contributed by atoms with Crippen molar-refractivity contribution in [3.05, 3.63) is 35.9 Å². The standard InChI is InChI=1S/C10H14FNO2S/c1-8(9-5-3-2-4-6-9)10(12)7-15(11,13)14/h2-6,8,10H,7,12H2,1H3. The van der Waals surface area contributed by atoms with Crippen LogP contribution in [-0.2, 0) is 10.2 Å². The van der Waals surface area contributed by atoms with Crippen molar-refractivity contribution in [3.8, 4) is 0 Å². The molecular weight excluding hydrogens is 217 g/mol. The Balaban J connectivity index is 2.73. The van der Waals surface area contributed by atoms with Gasteiger partial charge in [-0.1, -0.05) is 37.3 Å². The topological polar surface area (TPSA) is 60.2 Å². The molecule has 15 heavy (non-hydrogen) atoms. The van der Waals surface area contributed by atoms with Gasteiger partial charge in [0.25, 0.3) is 0 Å². The van der Waals surface area contributed by atoms with Gasteiger partial charge < -0.3 is 5.73 Å². The quantitative estimate of drug-likeness (QED) is 0.797. The van der Waals surface area contributed by atoms with Crippen molar-refractivity contribution in [2.45, 2.75) is 18.9 Å². The molecule has 1 rings (SSSR count). The third-order valence-corrected chi connectivity index (χ3v) is 3.14. The SMILES string of the molecule is CC(c1ccccc1)C(N)CS(=O)(=O)F. The van der Waals surface area contributed by atoms with Crippen molar-refractivity contribution in [1.82, 2.24) is 0 Å². The summed E-state index contributed by atoms with van der Waals surface area (Å²) in [6.45, 7) is 1.78. The van der Waals surface area contributed by atoms with Crippen LogP contribution in [0.1, 0.15) is 18.4 Å². The molecule has 0 amide bonds. The summed E-state index contributed by atoms with van der Waals surface area (Å²) in [5.41, 5.74) is 6.53. The van der Waals surface area contributed by atoms with Crippen molar-refractivity contribution in [2.75, 3.05) is 5.75 Å². The molecule has 0 radical (unpaired) electrons. The zero-order chi connectivity index (χ0) is 11.5. The fourth-order valence-corrected chi connectivity index (χ4v) is 2.13. The molecule has 0 aliphatic carbocycles. The molecular formula is C10H14FNO2S. The van der Waals surface area contributed by atoms with Crippen LogP contribution in [-0.4, -0.2) is 20.2 Å². The van der Waals surface area contributed by atoms with Crippen LogP contribution >= 0.6 is 0 Å². The minimum atomic E-state index is -4.50. The third kappa shape index (κ3) is 3.97. The van der Waals surface area contributed by atoms with E-state index in [1.165, 1.54) is 0 Å². The molecule has 0 heterocycles. The Morgan fingerprint density at radius 2 is 1.87 bits per heavy atom. The number of nitrogens with two attached hydrogens (primary N) is 1. The molecule has 3 nitrogen and oxygen atoms in total. The molecule has 1 aromatic carbocycles. The maximum atomic E-state index is 12.4. The van der Waals surface area contributed by atoms with Crippen LogP contribution in [0.5, 0.6) is 0 Å². The lowest BCUT2D eigenvalue weighted by atomic mass is 9.95. The van der Waals surface area contributed by atoms with Gasteiger partial charge in [0.1, 0.15) is 0 Å². The number of hydrogen-bond donors (Lipinski definition) is 1. The van der Waals surface area contributed by atoms with Crippen LogP contribution in [0.3, 0.4) is 0 Å². The van der Waals surface area contributed by atoms with Gasteiger partial charge in [-0.25, -0.2) is 0 Å². The fraction of sp³-hybridized carbons (Fsp3) is 0.400. The maximum absolute atomic E-state index is 12.4. The Bertz CT molecular complexity index is 405. The summed E-state index contributed by atoms with van der Waals surface area (Å²) in [5, 5.41) is 0. The van der Waals surface area contributed by atoms with Gasteiger partial charge in [0.2, 0.25) is 0 Å². The molecule has 2 unspecified atom stereocenters. The van der Waals surface area contributed by atoms with E-state index in [9.17, 15) is 12.3 Å². The lowest BCUT2D eigenvalue weighted by Gasteiger charge is -2.18. The van der Waals surface area contributed by atoms with Crippen LogP contribution in [0.4, 0.5) is 3.89 Å². The Labute approximate surface area is 89.3 Å². The van der Waals surface area contributed by atoms with Gasteiger partial charge in [0, 0.05) is 6.04 Å². The molecule has 0 saturated carbocycles. The van der Waals surface area contributed by atoms with E-state index in [1.807, 2.05) is 30.3 Å². The smallest absolute Gasteiger partial charge is 0.303 e. The summed E-state index contributed by atoms with van der Waals surface area (Å²) < 4.78 is 33.3. The Hall–Kier alpha value is -0.940. The first-order chi connectivity index (χ1) is 6.90. The summed E-state index contributed by atoms with van der Waals surface area (Å²) in [5.74, 6) is -0.819. The first kappa shape index (κ1) is 12.1. The second kappa shape index (κ2) is 4.72. The molecule has 0 spiro atoms. The summed E-state index contributed by atoms with van der Waals surface area (Å²) in [6.07, 6.45) is 0. The van der Waals surface area contributed by atoms with E-state index < -0.39 is 22.0 Å². The summed E-state index contributed by atoms with van der Waals surface area (Å²) in [7, 11) is -4.50. The van der Waals surface area contributed by atoms with E-state index in [-0.39, 0.29) is 5.92 Å². The van der Waals surface area contributed by atoms with Crippen LogP contribution in [0.25, 0.3) is 0 Å². The first-order valence-electron chi connectivity index (χ1n) is 4.63. The molecule has 0 aliphatic heterocycles. The van der Waals surface area contributed by atoms with Gasteiger partial charge in [-0.3, -0.25) is 0 Å². The third-order valence-electron chi connectivity index (χ3n) is 2.36. The van der Waals surface area contributed by atoms with E-state index in [0.717, 1.165) is 5.56 Å². The van der Waals surface area contributed by atoms with E-state index >= 15 is 0 Å². The van der Waals surface area contributed by atoms with Crippen molar-refractivity contribution in [1.29, 1.82) is 0 Å². The van der Waals surface area contributed by atoms with E-state index in [4.69, 9.17) is 5.73 Å². The molecule has 0 aromatic heterocycles. The zero-order valence-corrected chi connectivity index (χ0v) is 9.25. The van der Waals surface area contributed by atoms with Crippen molar-refractivity contribution in [2.24, 2.45) is 5.73 Å². The molecule has 0 aliphatic rings. The van der Waals surface area contributed by atoms with Gasteiger partial charge in [-0.05, 0) is 11.5 Å². The van der Waals surface area contributed by atoms with E-state index in [1.54, 1.807) is 6.92 Å². The second-order valence-corrected chi connectivity index (χ2v) is 4.98. The van der Waals surface area contributed by atoms with Crippen LogP contribution in [0.2, 0.25) is 0 Å². The van der Waals surface area contributed by atoms with Crippen LogP contribution < -0.4 is 5.73 Å². The maximum Gasteiger partial charge on any atom is 0.303 e. The molecule has 0 fully saturated rings. The van der Waals surface area contributed by atoms with Gasteiger partial charge >= 0.3 is 10.2 Å². The first-order valence-corrected chi connectivity index (χ1v) is 6.18. The molecule has 5 heteroatoms. The second-order valence-electron chi connectivity index (χ2n) is 3.57. The number of rotatable bonds is 4. The highest BCUT2D eigenvalue weighted by Gasteiger charge is 2.21. The number of halogens is 1. The van der Waals surface area contributed by atoms with Crippen LogP contribution in [0, 0.1) is 0 Å².